The molecule has 2 aliphatic heterocycles. The molecule has 1 aromatic rings. The number of carbonyl (C=O) groups excluding carboxylic acids is 2. The molecular weight excluding hydrogens is 294 g/mol. The van der Waals surface area contributed by atoms with E-state index in [9.17, 15) is 9.59 Å². The van der Waals surface area contributed by atoms with Gasteiger partial charge >= 0.3 is 0 Å². The summed E-state index contributed by atoms with van der Waals surface area (Å²) in [5.74, 6) is -0.0741. The van der Waals surface area contributed by atoms with Crippen molar-refractivity contribution >= 4 is 17.5 Å². The number of nitrogens with zero attached hydrogens (tertiary/aromatic N) is 1. The Bertz CT molecular complexity index is 608. The van der Waals surface area contributed by atoms with Gasteiger partial charge in [-0.25, -0.2) is 10.4 Å². The summed E-state index contributed by atoms with van der Waals surface area (Å²) >= 11 is 0. The van der Waals surface area contributed by atoms with Crippen molar-refractivity contribution in [3.63, 3.8) is 0 Å². The number of fused-ring (bicyclic) bond motifs is 3. The van der Waals surface area contributed by atoms with Crippen LogP contribution >= 0.6 is 0 Å². The molecule has 4 rings (SSSR count). The highest BCUT2D eigenvalue weighted by molar-refractivity contribution is 5.96. The number of nitrogens with one attached hydrogen (secondary N) is 4. The molecule has 0 aromatic heterocycles. The minimum atomic E-state index is -0.526. The van der Waals surface area contributed by atoms with E-state index in [2.05, 4.69) is 21.6 Å². The predicted molar refractivity (Wildman–Crippen MR) is 84.6 cm³/mol. The number of hydrogen-bond donors (Lipinski definition) is 4. The van der Waals surface area contributed by atoms with E-state index < -0.39 is 6.04 Å². The lowest BCUT2D eigenvalue weighted by Crippen LogP contribution is -2.66. The second-order valence-corrected chi connectivity index (χ2v) is 6.41. The Morgan fingerprint density at radius 2 is 1.96 bits per heavy atom. The fourth-order valence-electron chi connectivity index (χ4n) is 3.85. The normalized spacial score (nSPS) is 33.5. The zero-order valence-electron chi connectivity index (χ0n) is 12.8. The molecule has 0 radical (unpaired) electrons. The molecule has 3 aliphatic rings. The molecule has 2 heterocycles. The standard InChI is InChI=1S/C16H21N5O2/c22-15-11-8-4-5-9-12(11)21-14(18-15)13(19-20-21)16(23)17-10-6-2-1-3-7-10/h1-3,6-7,11-14,19-20H,4-5,8-9H2,(H,17,23)(H,18,22). The molecule has 23 heavy (non-hydrogen) atoms. The van der Waals surface area contributed by atoms with E-state index in [1.165, 1.54) is 0 Å². The smallest absolute Gasteiger partial charge is 0.246 e. The van der Waals surface area contributed by atoms with E-state index in [1.54, 1.807) is 0 Å². The molecule has 2 saturated heterocycles. The number of amides is 2. The lowest BCUT2D eigenvalue weighted by Gasteiger charge is -2.44. The van der Waals surface area contributed by atoms with Crippen molar-refractivity contribution in [3.8, 4) is 0 Å². The van der Waals surface area contributed by atoms with Crippen LogP contribution < -0.4 is 21.6 Å². The average molecular weight is 315 g/mol. The lowest BCUT2D eigenvalue weighted by atomic mass is 9.81. The van der Waals surface area contributed by atoms with Gasteiger partial charge in [0.2, 0.25) is 11.8 Å². The maximum atomic E-state index is 12.5. The zero-order chi connectivity index (χ0) is 15.8. The van der Waals surface area contributed by atoms with Crippen molar-refractivity contribution in [2.75, 3.05) is 5.32 Å². The first kappa shape index (κ1) is 14.6. The largest absolute Gasteiger partial charge is 0.337 e. The molecule has 2 amide bonds. The number of anilines is 1. The predicted octanol–water partition coefficient (Wildman–Crippen LogP) is 0.333. The number of benzene rings is 1. The van der Waals surface area contributed by atoms with Crippen LogP contribution in [0.1, 0.15) is 25.7 Å². The lowest BCUT2D eigenvalue weighted by molar-refractivity contribution is -0.139. The van der Waals surface area contributed by atoms with Crippen LogP contribution in [0.3, 0.4) is 0 Å². The first-order valence-electron chi connectivity index (χ1n) is 8.20. The molecule has 7 heteroatoms. The van der Waals surface area contributed by atoms with Crippen LogP contribution in [-0.4, -0.2) is 35.1 Å². The molecule has 0 spiro atoms. The molecule has 122 valence electrons. The maximum Gasteiger partial charge on any atom is 0.246 e. The Hall–Kier alpha value is -1.96. The number of carbonyl (C=O) groups is 2. The third-order valence-electron chi connectivity index (χ3n) is 5.00. The van der Waals surface area contributed by atoms with Crippen molar-refractivity contribution in [2.45, 2.75) is 43.9 Å². The Balaban J connectivity index is 1.49. The molecule has 1 aromatic carbocycles. The van der Waals surface area contributed by atoms with Gasteiger partial charge in [0.05, 0.1) is 5.92 Å². The fraction of sp³-hybridized carbons (Fsp3) is 0.500. The summed E-state index contributed by atoms with van der Waals surface area (Å²) in [6, 6.07) is 8.96. The Labute approximate surface area is 134 Å². The van der Waals surface area contributed by atoms with Crippen LogP contribution in [0.25, 0.3) is 0 Å². The van der Waals surface area contributed by atoms with Gasteiger partial charge in [-0.3, -0.25) is 9.59 Å². The van der Waals surface area contributed by atoms with Crippen molar-refractivity contribution < 1.29 is 9.59 Å². The van der Waals surface area contributed by atoms with Gasteiger partial charge in [-0.05, 0) is 25.0 Å². The van der Waals surface area contributed by atoms with E-state index in [0.29, 0.717) is 0 Å². The summed E-state index contributed by atoms with van der Waals surface area (Å²) in [5.41, 5.74) is 6.87. The van der Waals surface area contributed by atoms with Crippen molar-refractivity contribution in [1.29, 1.82) is 0 Å². The van der Waals surface area contributed by atoms with Gasteiger partial charge in [0.25, 0.3) is 0 Å². The summed E-state index contributed by atoms with van der Waals surface area (Å²) < 4.78 is 0. The van der Waals surface area contributed by atoms with Crippen LogP contribution in [0.5, 0.6) is 0 Å². The molecule has 7 nitrogen and oxygen atoms in total. The molecule has 3 fully saturated rings. The summed E-state index contributed by atoms with van der Waals surface area (Å²) in [4.78, 5) is 24.9. The van der Waals surface area contributed by atoms with Gasteiger partial charge in [-0.1, -0.05) is 31.0 Å². The third kappa shape index (κ3) is 2.60. The van der Waals surface area contributed by atoms with Crippen molar-refractivity contribution in [2.24, 2.45) is 5.92 Å². The minimum absolute atomic E-state index is 0.0187. The average Bonchev–Trinajstić information content (AvgIpc) is 3.00. The third-order valence-corrected chi connectivity index (χ3v) is 5.00. The topological polar surface area (TPSA) is 85.5 Å². The maximum absolute atomic E-state index is 12.5. The fourth-order valence-corrected chi connectivity index (χ4v) is 3.85. The van der Waals surface area contributed by atoms with Crippen molar-refractivity contribution in [3.05, 3.63) is 30.3 Å². The highest BCUT2D eigenvalue weighted by Gasteiger charge is 2.50. The van der Waals surface area contributed by atoms with Gasteiger partial charge in [0.15, 0.2) is 0 Å². The van der Waals surface area contributed by atoms with Crippen LogP contribution in [0.2, 0.25) is 0 Å². The minimum Gasteiger partial charge on any atom is -0.337 e. The Morgan fingerprint density at radius 3 is 2.78 bits per heavy atom. The Morgan fingerprint density at radius 1 is 1.17 bits per heavy atom. The van der Waals surface area contributed by atoms with Gasteiger partial charge in [0, 0.05) is 11.7 Å². The van der Waals surface area contributed by atoms with Gasteiger partial charge in [0.1, 0.15) is 12.2 Å². The molecular formula is C16H21N5O2. The molecule has 4 atom stereocenters. The van der Waals surface area contributed by atoms with Crippen LogP contribution in [0.4, 0.5) is 5.69 Å². The summed E-state index contributed by atoms with van der Waals surface area (Å²) in [6.45, 7) is 0. The van der Waals surface area contributed by atoms with Gasteiger partial charge < -0.3 is 10.6 Å². The van der Waals surface area contributed by atoms with Crippen LogP contribution in [-0.2, 0) is 9.59 Å². The summed E-state index contributed by atoms with van der Waals surface area (Å²) in [5, 5.41) is 7.89. The van der Waals surface area contributed by atoms with E-state index in [4.69, 9.17) is 0 Å². The van der Waals surface area contributed by atoms with E-state index >= 15 is 0 Å². The second-order valence-electron chi connectivity index (χ2n) is 6.41. The molecule has 4 N–H and O–H groups in total. The number of hydrazine groups is 2. The first-order valence-corrected chi connectivity index (χ1v) is 8.20. The second kappa shape index (κ2) is 5.92. The quantitative estimate of drug-likeness (QED) is 0.632. The first-order chi connectivity index (χ1) is 11.2. The monoisotopic (exact) mass is 315 g/mol. The zero-order valence-corrected chi connectivity index (χ0v) is 12.8. The number of para-hydroxylation sites is 1. The number of hydrogen-bond acceptors (Lipinski definition) is 5. The van der Waals surface area contributed by atoms with E-state index in [0.717, 1.165) is 31.4 Å². The Kier molecular flexibility index (Phi) is 3.76. The molecule has 0 bridgehead atoms. The summed E-state index contributed by atoms with van der Waals surface area (Å²) in [7, 11) is 0. The van der Waals surface area contributed by atoms with E-state index in [-0.39, 0.29) is 29.9 Å². The highest BCUT2D eigenvalue weighted by Crippen LogP contribution is 2.33. The summed E-state index contributed by atoms with van der Waals surface area (Å²) in [6.07, 6.45) is 3.77. The van der Waals surface area contributed by atoms with Gasteiger partial charge in [-0.2, -0.15) is 5.53 Å². The number of rotatable bonds is 2. The van der Waals surface area contributed by atoms with Crippen LogP contribution in [0.15, 0.2) is 30.3 Å². The molecule has 1 saturated carbocycles. The molecule has 1 aliphatic carbocycles. The van der Waals surface area contributed by atoms with Gasteiger partial charge in [-0.15, -0.1) is 0 Å². The van der Waals surface area contributed by atoms with Crippen molar-refractivity contribution in [1.82, 2.24) is 21.3 Å². The highest BCUT2D eigenvalue weighted by atomic mass is 16.2. The SMILES string of the molecule is O=C1NC2C(C(=O)Nc3ccccc3)NNN2C2CCCCC12. The van der Waals surface area contributed by atoms with E-state index in [1.807, 2.05) is 35.3 Å². The van der Waals surface area contributed by atoms with Crippen LogP contribution in [0, 0.1) is 5.92 Å². The molecule has 4 unspecified atom stereocenters.